The van der Waals surface area contributed by atoms with Gasteiger partial charge in [0.25, 0.3) is 0 Å². The molecule has 59 heavy (non-hydrogen) atoms. The van der Waals surface area contributed by atoms with Gasteiger partial charge in [0, 0.05) is 44.5 Å². The second-order valence-electron chi connectivity index (χ2n) is 11.3. The summed E-state index contributed by atoms with van der Waals surface area (Å²) in [5.41, 5.74) is -37.3. The minimum absolute atomic E-state index is 0.169. The molecule has 0 radical (unpaired) electrons. The van der Waals surface area contributed by atoms with Crippen LogP contribution in [0.3, 0.4) is 0 Å². The fourth-order valence-corrected chi connectivity index (χ4v) is 6.09. The molecule has 0 N–H and O–H groups in total. The maximum absolute atomic E-state index is 17.2. The van der Waals surface area contributed by atoms with Crippen LogP contribution in [0.25, 0.3) is 33.4 Å². The first-order valence-electron chi connectivity index (χ1n) is 14.5. The van der Waals surface area contributed by atoms with Gasteiger partial charge in [-0.05, 0) is 6.07 Å². The molecule has 0 spiro atoms. The monoisotopic (exact) mass is 844 g/mol. The van der Waals surface area contributed by atoms with E-state index >= 15 is 22.0 Å². The summed E-state index contributed by atoms with van der Waals surface area (Å²) in [6.45, 7) is 0. The van der Waals surface area contributed by atoms with Gasteiger partial charge in [-0.2, -0.15) is 84.3 Å². The van der Waals surface area contributed by atoms with Crippen LogP contribution in [-0.2, 0) is 24.7 Å². The largest absolute Gasteiger partial charge is 0.436 e. The van der Waals surface area contributed by atoms with Crippen molar-refractivity contribution in [1.82, 2.24) is 9.97 Å². The number of nitriles is 6. The molecule has 296 valence electrons. The van der Waals surface area contributed by atoms with E-state index in [9.17, 15) is 84.3 Å². The Labute approximate surface area is 313 Å². The molecular formula is C34HF17N8. The number of rotatable bonds is 2. The van der Waals surface area contributed by atoms with Crippen molar-refractivity contribution in [2.45, 2.75) is 24.7 Å². The van der Waals surface area contributed by atoms with E-state index in [0.717, 1.165) is 36.4 Å². The van der Waals surface area contributed by atoms with Gasteiger partial charge in [0.05, 0.1) is 22.3 Å². The SMILES string of the molecule is N#CC(C#N)=C1C(c2c(F)c(C(F)(F)F)nc(C(F)(F)F)c2F)=C(C#N)c2cc3c(c(F)c21)C(=C(C#N)C#N)C(c1c(F)c(C(F)(F)F)nc(C(F)(F)F)c1F)=C3C#N. The molecule has 8 nitrogen and oxygen atoms in total. The summed E-state index contributed by atoms with van der Waals surface area (Å²) in [5, 5.41) is 59.1. The van der Waals surface area contributed by atoms with Crippen molar-refractivity contribution in [3.8, 4) is 36.4 Å². The third-order valence-electron chi connectivity index (χ3n) is 8.21. The number of fused-ring (bicyclic) bond motifs is 2. The highest BCUT2D eigenvalue weighted by Gasteiger charge is 2.51. The average molecular weight is 844 g/mol. The van der Waals surface area contributed by atoms with Crippen LogP contribution in [-0.4, -0.2) is 9.97 Å². The molecule has 0 atom stereocenters. The van der Waals surface area contributed by atoms with Crippen molar-refractivity contribution in [3.05, 3.63) is 102 Å². The highest BCUT2D eigenvalue weighted by Crippen LogP contribution is 2.58. The molecule has 0 amide bonds. The van der Waals surface area contributed by atoms with E-state index in [4.69, 9.17) is 0 Å². The molecule has 0 saturated heterocycles. The predicted molar refractivity (Wildman–Crippen MR) is 156 cm³/mol. The van der Waals surface area contributed by atoms with Gasteiger partial charge in [-0.15, -0.1) is 0 Å². The Balaban J connectivity index is 2.11. The number of benzene rings is 1. The second kappa shape index (κ2) is 13.7. The molecule has 0 unspecified atom stereocenters. The molecule has 3 aromatic rings. The Bertz CT molecular complexity index is 2580. The van der Waals surface area contributed by atoms with Gasteiger partial charge in [-0.3, -0.25) is 0 Å². The lowest BCUT2D eigenvalue weighted by atomic mass is 9.87. The zero-order chi connectivity index (χ0) is 44.6. The summed E-state index contributed by atoms with van der Waals surface area (Å²) in [7, 11) is 0. The lowest BCUT2D eigenvalue weighted by Crippen LogP contribution is -2.21. The summed E-state index contributed by atoms with van der Waals surface area (Å²) < 4.78 is 246. The fourth-order valence-electron chi connectivity index (χ4n) is 6.09. The van der Waals surface area contributed by atoms with Crippen LogP contribution in [0.5, 0.6) is 0 Å². The number of pyridine rings is 2. The Kier molecular flexibility index (Phi) is 9.85. The third-order valence-corrected chi connectivity index (χ3v) is 8.21. The number of nitrogens with zero attached hydrogens (tertiary/aromatic N) is 8. The maximum Gasteiger partial charge on any atom is 0.436 e. The number of alkyl halides is 12. The normalized spacial score (nSPS) is 13.9. The lowest BCUT2D eigenvalue weighted by molar-refractivity contribution is -0.155. The maximum atomic E-state index is 17.2. The van der Waals surface area contributed by atoms with Crippen molar-refractivity contribution in [2.75, 3.05) is 0 Å². The van der Waals surface area contributed by atoms with Crippen LogP contribution in [0.2, 0.25) is 0 Å². The summed E-state index contributed by atoms with van der Waals surface area (Å²) in [6, 6.07) is 6.14. The number of aromatic nitrogens is 2. The Hall–Kier alpha value is -7.77. The van der Waals surface area contributed by atoms with Gasteiger partial charge in [-0.1, -0.05) is 0 Å². The van der Waals surface area contributed by atoms with Gasteiger partial charge in [0.15, 0.2) is 46.0 Å². The van der Waals surface area contributed by atoms with Gasteiger partial charge in [0.2, 0.25) is 0 Å². The van der Waals surface area contributed by atoms with E-state index in [2.05, 4.69) is 0 Å². The van der Waals surface area contributed by atoms with Gasteiger partial charge in [0.1, 0.15) is 53.4 Å². The average Bonchev–Trinajstić information content (AvgIpc) is 3.60. The second-order valence-corrected chi connectivity index (χ2v) is 11.3. The van der Waals surface area contributed by atoms with Crippen molar-refractivity contribution < 1.29 is 74.6 Å². The van der Waals surface area contributed by atoms with Crippen molar-refractivity contribution in [3.63, 3.8) is 0 Å². The van der Waals surface area contributed by atoms with E-state index in [1.807, 2.05) is 9.97 Å². The summed E-state index contributed by atoms with van der Waals surface area (Å²) in [5.74, 6) is -14.6. The first-order valence-corrected chi connectivity index (χ1v) is 14.5. The molecule has 5 rings (SSSR count). The number of hydrogen-bond donors (Lipinski definition) is 0. The Morgan fingerprint density at radius 2 is 0.661 bits per heavy atom. The van der Waals surface area contributed by atoms with Crippen LogP contribution in [0.1, 0.15) is 56.2 Å². The molecule has 2 aliphatic rings. The number of halogens is 17. The quantitative estimate of drug-likeness (QED) is 0.181. The molecule has 2 aliphatic carbocycles. The fraction of sp³-hybridized carbons (Fsp3) is 0.118. The van der Waals surface area contributed by atoms with E-state index in [1.165, 1.54) is 0 Å². The van der Waals surface area contributed by atoms with Crippen molar-refractivity contribution >= 4 is 33.4 Å². The molecule has 25 heteroatoms. The summed E-state index contributed by atoms with van der Waals surface area (Å²) >= 11 is 0. The Morgan fingerprint density at radius 3 is 0.864 bits per heavy atom. The van der Waals surface area contributed by atoms with E-state index < -0.39 is 155 Å². The standard InChI is InChI=1S/C34HF17N8/c35-22-18-10(12(6-56)16(14(18)8(2-52)3-53)20-23(36)27(31(40,41)42)58-28(24(20)37)32(43,44)45)1-11-13(7-57)17(15(19(11)22)9(4-54)5-55)21-25(38)29(33(46,47)48)59-30(26(21)39)34(49,50)51/h1H. The van der Waals surface area contributed by atoms with Crippen LogP contribution >= 0.6 is 0 Å². The molecule has 0 bridgehead atoms. The third kappa shape index (κ3) is 6.30. The van der Waals surface area contributed by atoms with Crippen LogP contribution in [0.4, 0.5) is 74.6 Å². The topological polar surface area (TPSA) is 169 Å². The smallest absolute Gasteiger partial charge is 0.233 e. The van der Waals surface area contributed by atoms with Crippen molar-refractivity contribution in [1.29, 1.82) is 31.6 Å². The van der Waals surface area contributed by atoms with Gasteiger partial charge >= 0.3 is 24.7 Å². The first-order chi connectivity index (χ1) is 27.2. The first kappa shape index (κ1) is 42.4. The zero-order valence-electron chi connectivity index (χ0n) is 27.1. The zero-order valence-corrected chi connectivity index (χ0v) is 27.1. The Morgan fingerprint density at radius 1 is 0.407 bits per heavy atom. The van der Waals surface area contributed by atoms with Crippen molar-refractivity contribution in [2.24, 2.45) is 0 Å². The molecular weight excluding hydrogens is 843 g/mol. The van der Waals surface area contributed by atoms with E-state index in [1.54, 1.807) is 0 Å². The predicted octanol–water partition coefficient (Wildman–Crippen LogP) is 9.74. The number of allylic oxidation sites excluding steroid dienone is 8. The minimum atomic E-state index is -6.21. The molecule has 0 aliphatic heterocycles. The van der Waals surface area contributed by atoms with Crippen LogP contribution in [0.15, 0.2) is 17.2 Å². The minimum Gasteiger partial charge on any atom is -0.233 e. The van der Waals surface area contributed by atoms with Crippen LogP contribution < -0.4 is 0 Å². The molecule has 2 heterocycles. The lowest BCUT2D eigenvalue weighted by Gasteiger charge is -2.19. The van der Waals surface area contributed by atoms with Gasteiger partial charge in [-0.25, -0.2) is 31.9 Å². The van der Waals surface area contributed by atoms with Crippen LogP contribution in [0, 0.1) is 97.1 Å². The molecule has 0 saturated carbocycles. The van der Waals surface area contributed by atoms with E-state index in [0.29, 0.717) is 0 Å². The highest BCUT2D eigenvalue weighted by atomic mass is 19.4. The summed E-state index contributed by atoms with van der Waals surface area (Å²) in [4.78, 5) is 3.89. The summed E-state index contributed by atoms with van der Waals surface area (Å²) in [6.07, 6.45) is -24.8. The molecule has 2 aromatic heterocycles. The van der Waals surface area contributed by atoms with E-state index in [-0.39, 0.29) is 6.07 Å². The molecule has 0 fully saturated rings. The highest BCUT2D eigenvalue weighted by molar-refractivity contribution is 6.30. The van der Waals surface area contributed by atoms with Gasteiger partial charge < -0.3 is 0 Å². The molecule has 1 aromatic carbocycles. The number of hydrogen-bond acceptors (Lipinski definition) is 8.